The normalized spacial score (nSPS) is 12.6. The Morgan fingerprint density at radius 2 is 2.21 bits per heavy atom. The minimum Gasteiger partial charge on any atom is -0.305 e. The number of aromatic nitrogens is 3. The first-order valence-electron chi connectivity index (χ1n) is 6.62. The molecule has 4 nitrogen and oxygen atoms in total. The van der Waals surface area contributed by atoms with Gasteiger partial charge in [0.1, 0.15) is 0 Å². The topological polar surface area (TPSA) is 42.7 Å². The number of nitrogens with one attached hydrogen (secondary N) is 1. The number of hydrogen-bond donors (Lipinski definition) is 1. The van der Waals surface area contributed by atoms with Crippen LogP contribution in [0.1, 0.15) is 37.6 Å². The van der Waals surface area contributed by atoms with Gasteiger partial charge in [-0.15, -0.1) is 0 Å². The first kappa shape index (κ1) is 14.0. The molecule has 1 N–H and O–H groups in total. The Balaban J connectivity index is 2.42. The van der Waals surface area contributed by atoms with Gasteiger partial charge < -0.3 is 5.32 Å². The molecule has 19 heavy (non-hydrogen) atoms. The molecule has 0 aliphatic carbocycles. The Morgan fingerprint density at radius 3 is 2.84 bits per heavy atom. The van der Waals surface area contributed by atoms with Gasteiger partial charge in [-0.25, -0.2) is 0 Å². The molecule has 2 aromatic rings. The predicted octanol–water partition coefficient (Wildman–Crippen LogP) is 3.04. The second kappa shape index (κ2) is 6.68. The number of halogens is 1. The SMILES string of the molecule is CCCn1ncc(Cl)c1C(NCC)c1cccnc1. The van der Waals surface area contributed by atoms with Gasteiger partial charge in [0.25, 0.3) is 0 Å². The molecule has 0 saturated heterocycles. The third-order valence-corrected chi connectivity index (χ3v) is 3.26. The third-order valence-electron chi connectivity index (χ3n) is 2.97. The third kappa shape index (κ3) is 3.14. The van der Waals surface area contributed by atoms with Crippen LogP contribution in [0, 0.1) is 0 Å². The van der Waals surface area contributed by atoms with Crippen molar-refractivity contribution in [2.24, 2.45) is 0 Å². The number of aryl methyl sites for hydroxylation is 1. The fraction of sp³-hybridized carbons (Fsp3) is 0.429. The van der Waals surface area contributed by atoms with Crippen LogP contribution in [-0.2, 0) is 6.54 Å². The predicted molar refractivity (Wildman–Crippen MR) is 77.3 cm³/mol. The highest BCUT2D eigenvalue weighted by Gasteiger charge is 2.21. The lowest BCUT2D eigenvalue weighted by molar-refractivity contribution is 0.520. The van der Waals surface area contributed by atoms with E-state index in [0.717, 1.165) is 30.8 Å². The summed E-state index contributed by atoms with van der Waals surface area (Å²) in [6.45, 7) is 5.93. The van der Waals surface area contributed by atoms with Crippen LogP contribution in [0.4, 0.5) is 0 Å². The summed E-state index contributed by atoms with van der Waals surface area (Å²) in [5.41, 5.74) is 2.11. The second-order valence-corrected chi connectivity index (χ2v) is 4.79. The summed E-state index contributed by atoms with van der Waals surface area (Å²) in [4.78, 5) is 4.19. The van der Waals surface area contributed by atoms with E-state index >= 15 is 0 Å². The van der Waals surface area contributed by atoms with Crippen LogP contribution in [0.3, 0.4) is 0 Å². The van der Waals surface area contributed by atoms with Crippen LogP contribution in [0.5, 0.6) is 0 Å². The van der Waals surface area contributed by atoms with Crippen molar-refractivity contribution in [3.63, 3.8) is 0 Å². The summed E-state index contributed by atoms with van der Waals surface area (Å²) in [5.74, 6) is 0. The molecule has 0 saturated carbocycles. The van der Waals surface area contributed by atoms with Gasteiger partial charge >= 0.3 is 0 Å². The van der Waals surface area contributed by atoms with Gasteiger partial charge in [-0.2, -0.15) is 5.10 Å². The number of rotatable bonds is 6. The van der Waals surface area contributed by atoms with E-state index in [1.807, 2.05) is 16.9 Å². The Morgan fingerprint density at radius 1 is 1.37 bits per heavy atom. The van der Waals surface area contributed by atoms with Gasteiger partial charge in [-0.3, -0.25) is 9.67 Å². The lowest BCUT2D eigenvalue weighted by Crippen LogP contribution is -2.25. The number of pyridine rings is 1. The van der Waals surface area contributed by atoms with Crippen molar-refractivity contribution in [3.05, 3.63) is 47.0 Å². The van der Waals surface area contributed by atoms with Crippen molar-refractivity contribution in [2.75, 3.05) is 6.54 Å². The van der Waals surface area contributed by atoms with Crippen LogP contribution in [0.25, 0.3) is 0 Å². The Kier molecular flexibility index (Phi) is 4.93. The molecule has 0 radical (unpaired) electrons. The maximum atomic E-state index is 6.32. The minimum atomic E-state index is 0.0280. The largest absolute Gasteiger partial charge is 0.305 e. The lowest BCUT2D eigenvalue weighted by atomic mass is 10.1. The van der Waals surface area contributed by atoms with Gasteiger partial charge in [0, 0.05) is 18.9 Å². The first-order chi connectivity index (χ1) is 9.27. The molecule has 1 unspecified atom stereocenters. The second-order valence-electron chi connectivity index (χ2n) is 4.38. The maximum absolute atomic E-state index is 6.32. The van der Waals surface area contributed by atoms with Crippen molar-refractivity contribution in [2.45, 2.75) is 32.9 Å². The van der Waals surface area contributed by atoms with Gasteiger partial charge in [-0.1, -0.05) is 31.5 Å². The summed E-state index contributed by atoms with van der Waals surface area (Å²) >= 11 is 6.32. The number of hydrogen-bond acceptors (Lipinski definition) is 3. The molecule has 102 valence electrons. The molecule has 2 aromatic heterocycles. The molecule has 0 aliphatic heterocycles. The Bertz CT molecular complexity index is 509. The summed E-state index contributed by atoms with van der Waals surface area (Å²) in [6, 6.07) is 4.02. The fourth-order valence-corrected chi connectivity index (χ4v) is 2.42. The van der Waals surface area contributed by atoms with E-state index in [-0.39, 0.29) is 6.04 Å². The zero-order chi connectivity index (χ0) is 13.7. The smallest absolute Gasteiger partial charge is 0.0837 e. The van der Waals surface area contributed by atoms with Crippen molar-refractivity contribution >= 4 is 11.6 Å². The van der Waals surface area contributed by atoms with E-state index in [9.17, 15) is 0 Å². The maximum Gasteiger partial charge on any atom is 0.0837 e. The van der Waals surface area contributed by atoms with E-state index in [0.29, 0.717) is 5.02 Å². The molecule has 1 atom stereocenters. The van der Waals surface area contributed by atoms with E-state index < -0.39 is 0 Å². The highest BCUT2D eigenvalue weighted by Crippen LogP contribution is 2.28. The molecule has 2 heterocycles. The molecule has 0 aromatic carbocycles. The summed E-state index contributed by atoms with van der Waals surface area (Å²) < 4.78 is 1.97. The standard InChI is InChI=1S/C14H19ClN4/c1-3-8-19-14(12(15)10-18-19)13(17-4-2)11-6-5-7-16-9-11/h5-7,9-10,13,17H,3-4,8H2,1-2H3. The van der Waals surface area contributed by atoms with E-state index in [1.165, 1.54) is 0 Å². The van der Waals surface area contributed by atoms with Gasteiger partial charge in [0.15, 0.2) is 0 Å². The molecule has 0 amide bonds. The van der Waals surface area contributed by atoms with Crippen molar-refractivity contribution in [3.8, 4) is 0 Å². The monoisotopic (exact) mass is 278 g/mol. The van der Waals surface area contributed by atoms with Crippen LogP contribution >= 0.6 is 11.6 Å². The molecule has 0 spiro atoms. The zero-order valence-corrected chi connectivity index (χ0v) is 12.1. The van der Waals surface area contributed by atoms with Crippen molar-refractivity contribution in [1.82, 2.24) is 20.1 Å². The molecular weight excluding hydrogens is 260 g/mol. The number of nitrogens with zero attached hydrogens (tertiary/aromatic N) is 3. The van der Waals surface area contributed by atoms with E-state index in [4.69, 9.17) is 11.6 Å². The molecule has 0 fully saturated rings. The van der Waals surface area contributed by atoms with Crippen LogP contribution in [0.15, 0.2) is 30.7 Å². The quantitative estimate of drug-likeness (QED) is 0.883. The van der Waals surface area contributed by atoms with Crippen molar-refractivity contribution in [1.29, 1.82) is 0 Å². The van der Waals surface area contributed by atoms with Crippen LogP contribution in [-0.4, -0.2) is 21.3 Å². The first-order valence-corrected chi connectivity index (χ1v) is 7.00. The van der Waals surface area contributed by atoms with Gasteiger partial charge in [-0.05, 0) is 24.6 Å². The summed E-state index contributed by atoms with van der Waals surface area (Å²) in [6.07, 6.45) is 6.38. The Hall–Kier alpha value is -1.39. The average Bonchev–Trinajstić information content (AvgIpc) is 2.79. The van der Waals surface area contributed by atoms with Crippen molar-refractivity contribution < 1.29 is 0 Å². The van der Waals surface area contributed by atoms with Gasteiger partial charge in [0.05, 0.1) is 23.0 Å². The highest BCUT2D eigenvalue weighted by atomic mass is 35.5. The van der Waals surface area contributed by atoms with Gasteiger partial charge in [0.2, 0.25) is 0 Å². The average molecular weight is 279 g/mol. The lowest BCUT2D eigenvalue weighted by Gasteiger charge is -2.20. The van der Waals surface area contributed by atoms with E-state index in [2.05, 4.69) is 35.3 Å². The molecule has 0 aliphatic rings. The van der Waals surface area contributed by atoms with E-state index in [1.54, 1.807) is 12.4 Å². The molecule has 5 heteroatoms. The molecule has 0 bridgehead atoms. The summed E-state index contributed by atoms with van der Waals surface area (Å²) in [7, 11) is 0. The molecule has 2 rings (SSSR count). The molecular formula is C14H19ClN4. The van der Waals surface area contributed by atoms with Crippen LogP contribution in [0.2, 0.25) is 5.02 Å². The zero-order valence-electron chi connectivity index (χ0n) is 11.3. The minimum absolute atomic E-state index is 0.0280. The fourth-order valence-electron chi connectivity index (χ4n) is 2.17. The highest BCUT2D eigenvalue weighted by molar-refractivity contribution is 6.31. The summed E-state index contributed by atoms with van der Waals surface area (Å²) in [5, 5.41) is 8.51. The van der Waals surface area contributed by atoms with Crippen LogP contribution < -0.4 is 5.32 Å². The Labute approximate surface area is 118 Å².